The Kier molecular flexibility index (Phi) is 3.16. The quantitative estimate of drug-likeness (QED) is 0.715. The van der Waals surface area contributed by atoms with E-state index in [-0.39, 0.29) is 0 Å². The molecule has 1 aromatic rings. The van der Waals surface area contributed by atoms with Crippen molar-refractivity contribution in [2.45, 2.75) is 26.4 Å². The normalized spacial score (nSPS) is 16.0. The first-order valence-electron chi connectivity index (χ1n) is 6.82. The molecule has 0 atom stereocenters. The number of carbonyl (C=O) groups excluding carboxylic acids is 1. The van der Waals surface area contributed by atoms with Crippen LogP contribution in [0.4, 0.5) is 4.79 Å². The third-order valence-corrected chi connectivity index (χ3v) is 3.07. The molecule has 0 radical (unpaired) electrons. The van der Waals surface area contributed by atoms with Crippen LogP contribution in [0.2, 0.25) is 0 Å². The van der Waals surface area contributed by atoms with Crippen LogP contribution in [-0.2, 0) is 4.74 Å². The molecule has 0 saturated carbocycles. The van der Waals surface area contributed by atoms with Crippen LogP contribution >= 0.6 is 0 Å². The van der Waals surface area contributed by atoms with Crippen molar-refractivity contribution < 1.29 is 14.3 Å². The van der Waals surface area contributed by atoms with Gasteiger partial charge in [0.15, 0.2) is 0 Å². The van der Waals surface area contributed by atoms with Crippen LogP contribution in [0.15, 0.2) is 22.3 Å². The Hall–Kier alpha value is -2.37. The minimum atomic E-state index is -0.535. The molecule has 1 aromatic carbocycles. The fourth-order valence-corrected chi connectivity index (χ4v) is 2.16. The largest absolute Gasteiger partial charge is 0.491 e. The van der Waals surface area contributed by atoms with Crippen molar-refractivity contribution in [2.24, 2.45) is 10.2 Å². The standard InChI is InChI=1S/C15H17N3O3/c1-15(2,3)21-14(19)18-6-7-20-12-5-4-10-8-16-17-13(10)11(12)9-18/h4-5,8-9H,6-7H2,1-3H3. The number of fused-ring (bicyclic) bond motifs is 3. The molecule has 0 saturated heterocycles. The summed E-state index contributed by atoms with van der Waals surface area (Å²) in [5.74, 6) is 0.703. The number of carbonyl (C=O) groups is 1. The number of rotatable bonds is 0. The molecule has 1 amide bonds. The zero-order valence-corrected chi connectivity index (χ0v) is 12.3. The smallest absolute Gasteiger partial charge is 0.414 e. The maximum absolute atomic E-state index is 12.2. The molecule has 0 fully saturated rings. The molecule has 2 aliphatic heterocycles. The number of hydrogen-bond donors (Lipinski definition) is 0. The molecule has 0 bridgehead atoms. The van der Waals surface area contributed by atoms with Crippen molar-refractivity contribution in [3.8, 4) is 5.75 Å². The Bertz CT molecular complexity index is 732. The van der Waals surface area contributed by atoms with E-state index in [9.17, 15) is 4.79 Å². The Labute approximate surface area is 122 Å². The summed E-state index contributed by atoms with van der Waals surface area (Å²) < 4.78 is 11.1. The van der Waals surface area contributed by atoms with Gasteiger partial charge in [0, 0.05) is 11.8 Å². The van der Waals surface area contributed by atoms with Crippen molar-refractivity contribution in [1.29, 1.82) is 0 Å². The number of ether oxygens (including phenoxy) is 2. The summed E-state index contributed by atoms with van der Waals surface area (Å²) in [6.45, 7) is 6.36. The Morgan fingerprint density at radius 1 is 1.38 bits per heavy atom. The fraction of sp³-hybridized carbons (Fsp3) is 0.400. The zero-order valence-electron chi connectivity index (χ0n) is 12.3. The summed E-state index contributed by atoms with van der Waals surface area (Å²) >= 11 is 0. The van der Waals surface area contributed by atoms with E-state index < -0.39 is 11.7 Å². The van der Waals surface area contributed by atoms with Gasteiger partial charge in [-0.25, -0.2) is 4.79 Å². The van der Waals surface area contributed by atoms with E-state index in [0.717, 1.165) is 16.1 Å². The maximum Gasteiger partial charge on any atom is 0.414 e. The lowest BCUT2D eigenvalue weighted by molar-refractivity contribution is 0.0350. The third kappa shape index (κ3) is 2.74. The lowest BCUT2D eigenvalue weighted by Crippen LogP contribution is -2.37. The third-order valence-electron chi connectivity index (χ3n) is 3.07. The number of nitrogens with zero attached hydrogens (tertiary/aromatic N) is 3. The molecule has 21 heavy (non-hydrogen) atoms. The van der Waals surface area contributed by atoms with Crippen LogP contribution in [-0.4, -0.2) is 36.0 Å². The van der Waals surface area contributed by atoms with Gasteiger partial charge in [-0.05, 0) is 32.9 Å². The Balaban J connectivity index is 2.02. The van der Waals surface area contributed by atoms with E-state index in [0.29, 0.717) is 18.9 Å². The van der Waals surface area contributed by atoms with Gasteiger partial charge in [0.25, 0.3) is 0 Å². The summed E-state index contributed by atoms with van der Waals surface area (Å²) in [4.78, 5) is 13.8. The minimum Gasteiger partial charge on any atom is -0.491 e. The van der Waals surface area contributed by atoms with E-state index in [4.69, 9.17) is 9.47 Å². The van der Waals surface area contributed by atoms with Crippen LogP contribution in [0.1, 0.15) is 26.3 Å². The van der Waals surface area contributed by atoms with E-state index in [1.54, 1.807) is 12.4 Å². The van der Waals surface area contributed by atoms with E-state index in [1.165, 1.54) is 4.90 Å². The molecular weight excluding hydrogens is 270 g/mol. The lowest BCUT2D eigenvalue weighted by atomic mass is 10.2. The van der Waals surface area contributed by atoms with Gasteiger partial charge in [0.2, 0.25) is 0 Å². The van der Waals surface area contributed by atoms with Crippen LogP contribution in [0, 0.1) is 0 Å². The van der Waals surface area contributed by atoms with E-state index in [1.807, 2.05) is 32.9 Å². The Morgan fingerprint density at radius 3 is 2.95 bits per heavy atom. The molecule has 110 valence electrons. The second-order valence-corrected chi connectivity index (χ2v) is 5.91. The van der Waals surface area contributed by atoms with Crippen LogP contribution in [0.25, 0.3) is 6.20 Å². The summed E-state index contributed by atoms with van der Waals surface area (Å²) in [6.07, 6.45) is 3.02. The van der Waals surface area contributed by atoms with Gasteiger partial charge in [-0.2, -0.15) is 5.10 Å². The van der Waals surface area contributed by atoms with Crippen molar-refractivity contribution in [2.75, 3.05) is 13.2 Å². The van der Waals surface area contributed by atoms with Gasteiger partial charge in [-0.1, -0.05) is 0 Å². The summed E-state index contributed by atoms with van der Waals surface area (Å²) in [5, 5.41) is 9.49. The highest BCUT2D eigenvalue weighted by Crippen LogP contribution is 2.12. The molecule has 6 nitrogen and oxygen atoms in total. The second kappa shape index (κ2) is 4.87. The Morgan fingerprint density at radius 2 is 2.19 bits per heavy atom. The van der Waals surface area contributed by atoms with Crippen LogP contribution in [0.5, 0.6) is 5.75 Å². The van der Waals surface area contributed by atoms with E-state index in [2.05, 4.69) is 10.2 Å². The van der Waals surface area contributed by atoms with Gasteiger partial charge >= 0.3 is 6.09 Å². The highest BCUT2D eigenvalue weighted by atomic mass is 16.6. The van der Waals surface area contributed by atoms with Gasteiger partial charge in [-0.15, -0.1) is 5.10 Å². The van der Waals surface area contributed by atoms with Gasteiger partial charge in [-0.3, -0.25) is 4.90 Å². The first kappa shape index (κ1) is 13.6. The monoisotopic (exact) mass is 287 g/mol. The van der Waals surface area contributed by atoms with Gasteiger partial charge < -0.3 is 9.47 Å². The summed E-state index contributed by atoms with van der Waals surface area (Å²) in [7, 11) is 0. The fourth-order valence-electron chi connectivity index (χ4n) is 2.16. The molecule has 0 aliphatic carbocycles. The molecule has 2 heterocycles. The summed E-state index contributed by atoms with van der Waals surface area (Å²) in [6, 6.07) is 3.78. The molecule has 0 unspecified atom stereocenters. The number of hydrogen-bond acceptors (Lipinski definition) is 5. The van der Waals surface area contributed by atoms with Crippen molar-refractivity contribution in [1.82, 2.24) is 4.90 Å². The van der Waals surface area contributed by atoms with Crippen LogP contribution in [0.3, 0.4) is 0 Å². The molecule has 2 aliphatic rings. The van der Waals surface area contributed by atoms with Gasteiger partial charge in [0.05, 0.1) is 18.0 Å². The topological polar surface area (TPSA) is 63.5 Å². The lowest BCUT2D eigenvalue weighted by Gasteiger charge is -2.24. The summed E-state index contributed by atoms with van der Waals surface area (Å²) in [5.41, 5.74) is 0.382. The SMILES string of the molecule is CC(C)(C)OC(=O)N1C=c2c(ccc3c2=NN=C3)OCC1. The van der Waals surface area contributed by atoms with Crippen molar-refractivity contribution in [3.63, 3.8) is 0 Å². The number of benzene rings is 1. The first-order chi connectivity index (χ1) is 9.94. The number of amides is 1. The van der Waals surface area contributed by atoms with Crippen molar-refractivity contribution in [3.05, 3.63) is 28.3 Å². The molecule has 0 N–H and O–H groups in total. The minimum absolute atomic E-state index is 0.393. The molecule has 3 rings (SSSR count). The van der Waals surface area contributed by atoms with Crippen molar-refractivity contribution >= 4 is 18.5 Å². The van der Waals surface area contributed by atoms with Crippen LogP contribution < -0.4 is 15.3 Å². The maximum atomic E-state index is 12.2. The predicted molar refractivity (Wildman–Crippen MR) is 77.7 cm³/mol. The predicted octanol–water partition coefficient (Wildman–Crippen LogP) is 1.02. The molecule has 6 heteroatoms. The average Bonchev–Trinajstić information content (AvgIpc) is 2.75. The van der Waals surface area contributed by atoms with E-state index >= 15 is 0 Å². The van der Waals surface area contributed by atoms with Gasteiger partial charge in [0.1, 0.15) is 23.3 Å². The first-order valence-corrected chi connectivity index (χ1v) is 6.82. The molecule has 0 aromatic heterocycles. The molecule has 0 spiro atoms. The second-order valence-electron chi connectivity index (χ2n) is 5.91. The highest BCUT2D eigenvalue weighted by Gasteiger charge is 2.23. The zero-order chi connectivity index (χ0) is 15.0. The average molecular weight is 287 g/mol. The highest BCUT2D eigenvalue weighted by molar-refractivity contribution is 5.81. The molecular formula is C15H17N3O3.